The van der Waals surface area contributed by atoms with Crippen LogP contribution in [0.3, 0.4) is 0 Å². The van der Waals surface area contributed by atoms with Gasteiger partial charge in [0.05, 0.1) is 0 Å². The van der Waals surface area contributed by atoms with Crippen LogP contribution in [0.2, 0.25) is 0 Å². The van der Waals surface area contributed by atoms with Gasteiger partial charge in [-0.3, -0.25) is 0 Å². The molecule has 0 aromatic carbocycles. The fourth-order valence-corrected chi connectivity index (χ4v) is 2.45. The molecule has 0 heterocycles. The molecule has 112 valence electrons. The Bertz CT molecular complexity index is 313. The summed E-state index contributed by atoms with van der Waals surface area (Å²) in [7, 11) is 0. The summed E-state index contributed by atoms with van der Waals surface area (Å²) in [6.45, 7) is 3.05. The number of rotatable bonds is 10. The molecule has 1 aliphatic carbocycles. The second-order valence-corrected chi connectivity index (χ2v) is 5.63. The molecule has 0 fully saturated rings. The Labute approximate surface area is 125 Å². The maximum atomic E-state index is 5.53. The highest BCUT2D eigenvalue weighted by molar-refractivity contribution is 5.32. The smallest absolute Gasteiger partial charge is 0.0423 e. The number of unbranched alkanes of at least 4 members (excludes halogenated alkanes) is 5. The van der Waals surface area contributed by atoms with E-state index in [2.05, 4.69) is 55.5 Å². The van der Waals surface area contributed by atoms with Crippen molar-refractivity contribution in [1.29, 1.82) is 0 Å². The van der Waals surface area contributed by atoms with Crippen molar-refractivity contribution in [3.63, 3.8) is 0 Å². The Morgan fingerprint density at radius 2 is 1.55 bits per heavy atom. The van der Waals surface area contributed by atoms with E-state index in [9.17, 15) is 0 Å². The first-order valence-corrected chi connectivity index (χ1v) is 8.24. The Kier molecular flexibility index (Phi) is 9.06. The first-order valence-electron chi connectivity index (χ1n) is 8.24. The second kappa shape index (κ2) is 10.7. The van der Waals surface area contributed by atoms with Crippen LogP contribution in [0, 0.1) is 5.41 Å². The number of hydrogen-bond donors (Lipinski definition) is 1. The molecule has 0 bridgehead atoms. The summed E-state index contributed by atoms with van der Waals surface area (Å²) in [5.74, 6) is 0. The molecular formula is C19H31N. The van der Waals surface area contributed by atoms with Crippen LogP contribution in [0.15, 0.2) is 48.6 Å². The summed E-state index contributed by atoms with van der Waals surface area (Å²) in [6.07, 6.45) is 28.1. The Morgan fingerprint density at radius 1 is 0.950 bits per heavy atom. The van der Waals surface area contributed by atoms with Crippen LogP contribution in [-0.4, -0.2) is 6.54 Å². The molecule has 1 nitrogen and oxygen atoms in total. The highest BCUT2D eigenvalue weighted by atomic mass is 14.5. The van der Waals surface area contributed by atoms with Crippen molar-refractivity contribution in [1.82, 2.24) is 0 Å². The molecule has 0 saturated heterocycles. The summed E-state index contributed by atoms with van der Waals surface area (Å²) in [4.78, 5) is 0. The third-order valence-electron chi connectivity index (χ3n) is 3.70. The van der Waals surface area contributed by atoms with Gasteiger partial charge in [0, 0.05) is 5.41 Å². The maximum Gasteiger partial charge on any atom is 0.0423 e. The Hall–Kier alpha value is -1.08. The maximum absolute atomic E-state index is 5.53. The molecular weight excluding hydrogens is 242 g/mol. The van der Waals surface area contributed by atoms with Gasteiger partial charge < -0.3 is 5.73 Å². The molecule has 0 spiro atoms. The van der Waals surface area contributed by atoms with Crippen LogP contribution in [0.1, 0.15) is 58.3 Å². The highest BCUT2D eigenvalue weighted by Crippen LogP contribution is 2.29. The summed E-state index contributed by atoms with van der Waals surface area (Å²) in [6, 6.07) is 0. The predicted molar refractivity (Wildman–Crippen MR) is 90.7 cm³/mol. The molecule has 0 atom stereocenters. The molecule has 0 unspecified atom stereocenters. The molecule has 1 heteroatoms. The standard InChI is InChI=1S/C19H31N/c1-2-3-4-5-9-14-19(16-11-8-12-17-19)15-10-6-7-13-18-20/h9-12,14-17H,2-8,13,18,20H2,1H3/b14-9-,15-10-. The lowest BCUT2D eigenvalue weighted by atomic mass is 9.82. The van der Waals surface area contributed by atoms with Gasteiger partial charge in [-0.05, 0) is 45.1 Å². The van der Waals surface area contributed by atoms with E-state index in [-0.39, 0.29) is 5.41 Å². The lowest BCUT2D eigenvalue weighted by Crippen LogP contribution is -2.09. The molecule has 1 aliphatic rings. The minimum absolute atomic E-state index is 0.0210. The number of nitrogens with two attached hydrogens (primary N) is 1. The van der Waals surface area contributed by atoms with Crippen molar-refractivity contribution in [3.05, 3.63) is 48.6 Å². The normalized spacial score (nSPS) is 17.5. The van der Waals surface area contributed by atoms with Gasteiger partial charge in [0.2, 0.25) is 0 Å². The van der Waals surface area contributed by atoms with Crippen LogP contribution in [0.25, 0.3) is 0 Å². The van der Waals surface area contributed by atoms with Crippen LogP contribution in [0.4, 0.5) is 0 Å². The quantitative estimate of drug-likeness (QED) is 0.423. The van der Waals surface area contributed by atoms with Gasteiger partial charge in [0.25, 0.3) is 0 Å². The fraction of sp³-hybridized carbons (Fsp3) is 0.579. The number of allylic oxidation sites excluding steroid dienone is 8. The first-order chi connectivity index (χ1) is 9.83. The number of hydrogen-bond acceptors (Lipinski definition) is 1. The monoisotopic (exact) mass is 273 g/mol. The zero-order valence-corrected chi connectivity index (χ0v) is 13.1. The third kappa shape index (κ3) is 6.91. The lowest BCUT2D eigenvalue weighted by Gasteiger charge is -2.21. The average molecular weight is 273 g/mol. The van der Waals surface area contributed by atoms with E-state index < -0.39 is 0 Å². The van der Waals surface area contributed by atoms with Crippen molar-refractivity contribution >= 4 is 0 Å². The molecule has 0 saturated carbocycles. The third-order valence-corrected chi connectivity index (χ3v) is 3.70. The first kappa shape index (κ1) is 17.0. The largest absolute Gasteiger partial charge is 0.330 e. The topological polar surface area (TPSA) is 26.0 Å². The average Bonchev–Trinajstić information content (AvgIpc) is 2.48. The highest BCUT2D eigenvalue weighted by Gasteiger charge is 2.17. The van der Waals surface area contributed by atoms with Crippen LogP contribution >= 0.6 is 0 Å². The van der Waals surface area contributed by atoms with Gasteiger partial charge in [0.1, 0.15) is 0 Å². The molecule has 20 heavy (non-hydrogen) atoms. The van der Waals surface area contributed by atoms with E-state index in [1.807, 2.05) is 0 Å². The Balaban J connectivity index is 2.51. The van der Waals surface area contributed by atoms with Gasteiger partial charge in [-0.25, -0.2) is 0 Å². The van der Waals surface area contributed by atoms with E-state index >= 15 is 0 Å². The molecule has 0 aromatic rings. The zero-order valence-electron chi connectivity index (χ0n) is 13.1. The van der Waals surface area contributed by atoms with E-state index in [4.69, 9.17) is 5.73 Å². The SMILES string of the molecule is CCCCC/C=C\C1(/C=C\CCCCN)C=CCC=C1. The second-order valence-electron chi connectivity index (χ2n) is 5.63. The van der Waals surface area contributed by atoms with E-state index in [0.717, 1.165) is 25.8 Å². The lowest BCUT2D eigenvalue weighted by molar-refractivity contribution is 0.717. The van der Waals surface area contributed by atoms with Crippen molar-refractivity contribution in [2.45, 2.75) is 58.3 Å². The van der Waals surface area contributed by atoms with Crippen molar-refractivity contribution < 1.29 is 0 Å². The van der Waals surface area contributed by atoms with Crippen molar-refractivity contribution in [3.8, 4) is 0 Å². The minimum atomic E-state index is 0.0210. The van der Waals surface area contributed by atoms with Gasteiger partial charge in [-0.1, -0.05) is 68.4 Å². The van der Waals surface area contributed by atoms with Crippen LogP contribution in [0.5, 0.6) is 0 Å². The summed E-state index contributed by atoms with van der Waals surface area (Å²) < 4.78 is 0. The summed E-state index contributed by atoms with van der Waals surface area (Å²) in [5.41, 5.74) is 5.55. The molecule has 2 N–H and O–H groups in total. The zero-order chi connectivity index (χ0) is 14.5. The summed E-state index contributed by atoms with van der Waals surface area (Å²) >= 11 is 0. The van der Waals surface area contributed by atoms with E-state index in [1.165, 1.54) is 32.1 Å². The molecule has 0 amide bonds. The molecule has 0 aliphatic heterocycles. The van der Waals surface area contributed by atoms with Crippen LogP contribution < -0.4 is 5.73 Å². The van der Waals surface area contributed by atoms with E-state index in [1.54, 1.807) is 0 Å². The van der Waals surface area contributed by atoms with Gasteiger partial charge in [0.15, 0.2) is 0 Å². The molecule has 0 aromatic heterocycles. The van der Waals surface area contributed by atoms with Gasteiger partial charge in [-0.15, -0.1) is 0 Å². The van der Waals surface area contributed by atoms with Gasteiger partial charge in [-0.2, -0.15) is 0 Å². The van der Waals surface area contributed by atoms with Crippen molar-refractivity contribution in [2.75, 3.05) is 6.54 Å². The minimum Gasteiger partial charge on any atom is -0.330 e. The Morgan fingerprint density at radius 3 is 2.10 bits per heavy atom. The predicted octanol–water partition coefficient (Wildman–Crippen LogP) is 5.31. The van der Waals surface area contributed by atoms with Gasteiger partial charge >= 0.3 is 0 Å². The van der Waals surface area contributed by atoms with Crippen LogP contribution in [-0.2, 0) is 0 Å². The molecule has 0 radical (unpaired) electrons. The summed E-state index contributed by atoms with van der Waals surface area (Å²) in [5, 5.41) is 0. The fourth-order valence-electron chi connectivity index (χ4n) is 2.45. The molecule has 1 rings (SSSR count). The van der Waals surface area contributed by atoms with E-state index in [0.29, 0.717) is 0 Å². The van der Waals surface area contributed by atoms with Crippen molar-refractivity contribution in [2.24, 2.45) is 11.1 Å².